The molecule has 2 amide bonds. The molecule has 0 saturated heterocycles. The molecule has 0 atom stereocenters. The Morgan fingerprint density at radius 1 is 1.22 bits per heavy atom. The molecule has 0 aromatic carbocycles. The molecule has 1 fully saturated rings. The van der Waals surface area contributed by atoms with Gasteiger partial charge in [0.2, 0.25) is 11.8 Å². The Balaban J connectivity index is 2.57. The fourth-order valence-corrected chi connectivity index (χ4v) is 1.40. The van der Waals surface area contributed by atoms with E-state index in [1.165, 1.54) is 25.8 Å². The first-order valence-corrected chi connectivity index (χ1v) is 5.78. The van der Waals surface area contributed by atoms with Crippen molar-refractivity contribution in [3.8, 4) is 0 Å². The lowest BCUT2D eigenvalue weighted by Crippen LogP contribution is -2.39. The first kappa shape index (κ1) is 14.2. The van der Waals surface area contributed by atoms with E-state index in [4.69, 9.17) is 5.11 Å². The highest BCUT2D eigenvalue weighted by atomic mass is 16.4. The third kappa shape index (κ3) is 3.87. The van der Waals surface area contributed by atoms with Gasteiger partial charge in [-0.15, -0.1) is 0 Å². The maximum atomic E-state index is 11.9. The molecule has 1 saturated carbocycles. The van der Waals surface area contributed by atoms with Crippen molar-refractivity contribution >= 4 is 17.8 Å². The van der Waals surface area contributed by atoms with Gasteiger partial charge in [0.25, 0.3) is 0 Å². The Morgan fingerprint density at radius 3 is 2.22 bits per heavy atom. The van der Waals surface area contributed by atoms with Crippen molar-refractivity contribution in [2.24, 2.45) is 0 Å². The number of aliphatic carboxylic acids is 1. The van der Waals surface area contributed by atoms with Crippen molar-refractivity contribution < 1.29 is 19.5 Å². The predicted octanol–water partition coefficient (Wildman–Crippen LogP) is 0.144. The predicted molar refractivity (Wildman–Crippen MR) is 64.8 cm³/mol. The molecule has 18 heavy (non-hydrogen) atoms. The van der Waals surface area contributed by atoms with Crippen LogP contribution in [0, 0.1) is 0 Å². The summed E-state index contributed by atoms with van der Waals surface area (Å²) in [4.78, 5) is 35.3. The first-order valence-electron chi connectivity index (χ1n) is 5.78. The zero-order valence-electron chi connectivity index (χ0n) is 10.8. The van der Waals surface area contributed by atoms with Crippen LogP contribution in [0.15, 0.2) is 11.1 Å². The summed E-state index contributed by atoms with van der Waals surface area (Å²) in [7, 11) is 1.48. The van der Waals surface area contributed by atoms with Gasteiger partial charge in [0, 0.05) is 24.2 Å². The second kappa shape index (κ2) is 5.66. The lowest BCUT2D eigenvalue weighted by molar-refractivity contribution is -0.134. The number of nitrogens with zero attached hydrogens (tertiary/aromatic N) is 1. The number of carboxylic acid groups (broad SMARTS) is 1. The summed E-state index contributed by atoms with van der Waals surface area (Å²) < 4.78 is 0. The maximum Gasteiger partial charge on any atom is 0.331 e. The topological polar surface area (TPSA) is 86.7 Å². The molecule has 6 nitrogen and oxygen atoms in total. The molecule has 0 aromatic heterocycles. The van der Waals surface area contributed by atoms with Gasteiger partial charge in [0.05, 0.1) is 6.54 Å². The van der Waals surface area contributed by atoms with Gasteiger partial charge in [-0.1, -0.05) is 0 Å². The SMILES string of the molecule is CC(C(=O)O)=C(C)C(=O)N(C)CC(=O)NC1CC1. The van der Waals surface area contributed by atoms with Gasteiger partial charge in [0.1, 0.15) is 0 Å². The van der Waals surface area contributed by atoms with Crippen LogP contribution in [0.4, 0.5) is 0 Å². The number of carboxylic acids is 1. The molecule has 1 aliphatic rings. The number of amides is 2. The largest absolute Gasteiger partial charge is 0.478 e. The smallest absolute Gasteiger partial charge is 0.331 e. The van der Waals surface area contributed by atoms with E-state index >= 15 is 0 Å². The average Bonchev–Trinajstić information content (AvgIpc) is 3.09. The van der Waals surface area contributed by atoms with Crippen molar-refractivity contribution in [2.75, 3.05) is 13.6 Å². The zero-order chi connectivity index (χ0) is 13.9. The second-order valence-corrected chi connectivity index (χ2v) is 4.56. The quantitative estimate of drug-likeness (QED) is 0.683. The molecule has 0 radical (unpaired) electrons. The molecule has 0 spiro atoms. The monoisotopic (exact) mass is 254 g/mol. The second-order valence-electron chi connectivity index (χ2n) is 4.56. The molecule has 0 aromatic rings. The van der Waals surface area contributed by atoms with Crippen molar-refractivity contribution in [2.45, 2.75) is 32.7 Å². The van der Waals surface area contributed by atoms with Gasteiger partial charge in [-0.3, -0.25) is 9.59 Å². The van der Waals surface area contributed by atoms with Crippen LogP contribution in [0.25, 0.3) is 0 Å². The first-order chi connectivity index (χ1) is 8.32. The number of likely N-dealkylation sites (N-methyl/N-ethyl adjacent to an activating group) is 1. The minimum Gasteiger partial charge on any atom is -0.478 e. The summed E-state index contributed by atoms with van der Waals surface area (Å²) in [6, 6.07) is 0.249. The molecular formula is C12H18N2O4. The van der Waals surface area contributed by atoms with Gasteiger partial charge in [-0.2, -0.15) is 0 Å². The Kier molecular flexibility index (Phi) is 4.47. The van der Waals surface area contributed by atoms with E-state index in [0.717, 1.165) is 12.8 Å². The van der Waals surface area contributed by atoms with Crippen molar-refractivity contribution in [3.63, 3.8) is 0 Å². The van der Waals surface area contributed by atoms with E-state index in [0.29, 0.717) is 0 Å². The Hall–Kier alpha value is -1.85. The van der Waals surface area contributed by atoms with Crippen molar-refractivity contribution in [1.29, 1.82) is 0 Å². The number of carbonyl (C=O) groups excluding carboxylic acids is 2. The molecular weight excluding hydrogens is 236 g/mol. The Morgan fingerprint density at radius 2 is 1.78 bits per heavy atom. The summed E-state index contributed by atoms with van der Waals surface area (Å²) in [5.74, 6) is -1.79. The average molecular weight is 254 g/mol. The summed E-state index contributed by atoms with van der Waals surface area (Å²) in [6.45, 7) is 2.76. The summed E-state index contributed by atoms with van der Waals surface area (Å²) in [5.41, 5.74) is 0.138. The third-order valence-electron chi connectivity index (χ3n) is 2.87. The number of rotatable bonds is 5. The summed E-state index contributed by atoms with van der Waals surface area (Å²) in [5, 5.41) is 11.5. The van der Waals surface area contributed by atoms with Gasteiger partial charge in [-0.05, 0) is 26.7 Å². The van der Waals surface area contributed by atoms with E-state index in [1.54, 1.807) is 0 Å². The molecule has 0 unspecified atom stereocenters. The molecule has 100 valence electrons. The van der Waals surface area contributed by atoms with Crippen molar-refractivity contribution in [1.82, 2.24) is 10.2 Å². The van der Waals surface area contributed by atoms with Crippen LogP contribution in [0.1, 0.15) is 26.7 Å². The summed E-state index contributed by atoms with van der Waals surface area (Å²) >= 11 is 0. The van der Waals surface area contributed by atoms with E-state index in [1.807, 2.05) is 0 Å². The fraction of sp³-hybridized carbons (Fsp3) is 0.583. The van der Waals surface area contributed by atoms with E-state index < -0.39 is 11.9 Å². The number of carbonyl (C=O) groups is 3. The minimum atomic E-state index is -1.13. The van der Waals surface area contributed by atoms with Crippen LogP contribution in [0.2, 0.25) is 0 Å². The standard InChI is InChI=1S/C12H18N2O4/c1-7(8(2)12(17)18)11(16)14(3)6-10(15)13-9-4-5-9/h9H,4-6H2,1-3H3,(H,13,15)(H,17,18). The molecule has 2 N–H and O–H groups in total. The van der Waals surface area contributed by atoms with Gasteiger partial charge < -0.3 is 15.3 Å². The zero-order valence-corrected chi connectivity index (χ0v) is 10.8. The normalized spacial score (nSPS) is 15.7. The highest BCUT2D eigenvalue weighted by molar-refractivity contribution is 6.02. The highest BCUT2D eigenvalue weighted by Crippen LogP contribution is 2.18. The maximum absolute atomic E-state index is 11.9. The van der Waals surface area contributed by atoms with Crippen LogP contribution in [0.3, 0.4) is 0 Å². The van der Waals surface area contributed by atoms with Crippen LogP contribution >= 0.6 is 0 Å². The van der Waals surface area contributed by atoms with Crippen molar-refractivity contribution in [3.05, 3.63) is 11.1 Å². The van der Waals surface area contributed by atoms with Crippen LogP contribution < -0.4 is 5.32 Å². The number of nitrogens with one attached hydrogen (secondary N) is 1. The van der Waals surface area contributed by atoms with Crippen LogP contribution in [-0.4, -0.2) is 47.4 Å². The fourth-order valence-electron chi connectivity index (χ4n) is 1.40. The van der Waals surface area contributed by atoms with E-state index in [-0.39, 0.29) is 29.6 Å². The lowest BCUT2D eigenvalue weighted by atomic mass is 10.1. The molecule has 1 aliphatic carbocycles. The minimum absolute atomic E-state index is 0.00514. The molecule has 0 heterocycles. The Labute approximate surface area is 106 Å². The van der Waals surface area contributed by atoms with Gasteiger partial charge >= 0.3 is 5.97 Å². The van der Waals surface area contributed by atoms with Crippen LogP contribution in [-0.2, 0) is 14.4 Å². The van der Waals surface area contributed by atoms with Gasteiger partial charge in [-0.25, -0.2) is 4.79 Å². The summed E-state index contributed by atoms with van der Waals surface area (Å²) in [6.07, 6.45) is 1.97. The van der Waals surface area contributed by atoms with E-state index in [2.05, 4.69) is 5.32 Å². The molecule has 1 rings (SSSR count). The van der Waals surface area contributed by atoms with E-state index in [9.17, 15) is 14.4 Å². The van der Waals surface area contributed by atoms with Crippen LogP contribution in [0.5, 0.6) is 0 Å². The Bertz CT molecular complexity index is 410. The highest BCUT2D eigenvalue weighted by Gasteiger charge is 2.25. The number of hydrogen-bond donors (Lipinski definition) is 2. The molecule has 0 aliphatic heterocycles. The molecule has 0 bridgehead atoms. The third-order valence-corrected chi connectivity index (χ3v) is 2.87. The van der Waals surface area contributed by atoms with Gasteiger partial charge in [0.15, 0.2) is 0 Å². The number of hydrogen-bond acceptors (Lipinski definition) is 3. The molecule has 6 heteroatoms. The lowest BCUT2D eigenvalue weighted by Gasteiger charge is -2.17.